The first-order chi connectivity index (χ1) is 11.1. The van der Waals surface area contributed by atoms with E-state index in [0.717, 1.165) is 6.20 Å². The fourth-order valence-electron chi connectivity index (χ4n) is 2.04. The van der Waals surface area contributed by atoms with Gasteiger partial charge in [-0.05, 0) is 6.07 Å². The Morgan fingerprint density at radius 2 is 2.00 bits per heavy atom. The Labute approximate surface area is 135 Å². The lowest BCUT2D eigenvalue weighted by Crippen LogP contribution is -2.06. The van der Waals surface area contributed by atoms with E-state index < -0.39 is 5.82 Å². The van der Waals surface area contributed by atoms with Gasteiger partial charge in [-0.25, -0.2) is 23.4 Å². The fourth-order valence-corrected chi connectivity index (χ4v) is 2.17. The quantitative estimate of drug-likeness (QED) is 0.686. The van der Waals surface area contributed by atoms with Crippen molar-refractivity contribution in [2.75, 3.05) is 7.11 Å². The molecule has 8 heteroatoms. The zero-order valence-corrected chi connectivity index (χ0v) is 12.8. The van der Waals surface area contributed by atoms with Crippen molar-refractivity contribution >= 4 is 11.6 Å². The number of methoxy groups -OCH3 is 1. The molecule has 0 spiro atoms. The standard InChI is InChI=1S/C15H11ClF2N4O/c1-23-13-6-12(15-19-7-11(18)14(16)20-15)21-22(13)8-9-4-2-3-5-10(9)17/h2-7H,8H2,1H3. The number of aromatic nitrogens is 4. The van der Waals surface area contributed by atoms with Crippen molar-refractivity contribution in [1.29, 1.82) is 0 Å². The van der Waals surface area contributed by atoms with Crippen molar-refractivity contribution < 1.29 is 13.5 Å². The van der Waals surface area contributed by atoms with E-state index in [2.05, 4.69) is 15.1 Å². The summed E-state index contributed by atoms with van der Waals surface area (Å²) >= 11 is 5.65. The van der Waals surface area contributed by atoms with E-state index in [1.165, 1.54) is 17.9 Å². The van der Waals surface area contributed by atoms with Gasteiger partial charge >= 0.3 is 0 Å². The first kappa shape index (κ1) is 15.4. The van der Waals surface area contributed by atoms with Gasteiger partial charge in [-0.15, -0.1) is 0 Å². The van der Waals surface area contributed by atoms with Crippen LogP contribution >= 0.6 is 11.6 Å². The first-order valence-corrected chi connectivity index (χ1v) is 7.00. The van der Waals surface area contributed by atoms with Crippen LogP contribution in [-0.2, 0) is 6.54 Å². The van der Waals surface area contributed by atoms with Crippen molar-refractivity contribution in [3.63, 3.8) is 0 Å². The third-order valence-corrected chi connectivity index (χ3v) is 3.43. The molecule has 0 fully saturated rings. The smallest absolute Gasteiger partial charge is 0.212 e. The van der Waals surface area contributed by atoms with Crippen LogP contribution in [0.15, 0.2) is 36.5 Å². The molecule has 5 nitrogen and oxygen atoms in total. The van der Waals surface area contributed by atoms with Crippen molar-refractivity contribution in [3.8, 4) is 17.4 Å². The molecule has 118 valence electrons. The predicted molar refractivity (Wildman–Crippen MR) is 80.3 cm³/mol. The van der Waals surface area contributed by atoms with Crippen LogP contribution in [0.25, 0.3) is 11.5 Å². The minimum absolute atomic E-state index is 0.155. The number of rotatable bonds is 4. The third-order valence-electron chi connectivity index (χ3n) is 3.16. The van der Waals surface area contributed by atoms with Crippen molar-refractivity contribution in [3.05, 3.63) is 58.9 Å². The highest BCUT2D eigenvalue weighted by molar-refractivity contribution is 6.29. The molecule has 1 aromatic carbocycles. The van der Waals surface area contributed by atoms with Gasteiger partial charge in [0.2, 0.25) is 5.88 Å². The van der Waals surface area contributed by atoms with E-state index >= 15 is 0 Å². The molecular weight excluding hydrogens is 326 g/mol. The van der Waals surface area contributed by atoms with Gasteiger partial charge in [0.05, 0.1) is 19.9 Å². The van der Waals surface area contributed by atoms with Gasteiger partial charge in [0.25, 0.3) is 0 Å². The lowest BCUT2D eigenvalue weighted by atomic mass is 10.2. The van der Waals surface area contributed by atoms with E-state index in [1.807, 2.05) is 0 Å². The third kappa shape index (κ3) is 3.14. The number of hydrogen-bond acceptors (Lipinski definition) is 4. The fraction of sp³-hybridized carbons (Fsp3) is 0.133. The number of ether oxygens (including phenoxy) is 1. The molecule has 0 aliphatic heterocycles. The Kier molecular flexibility index (Phi) is 4.20. The number of benzene rings is 1. The normalized spacial score (nSPS) is 10.8. The molecule has 0 radical (unpaired) electrons. The second-order valence-electron chi connectivity index (χ2n) is 4.65. The van der Waals surface area contributed by atoms with Crippen LogP contribution in [0.2, 0.25) is 5.15 Å². The second kappa shape index (κ2) is 6.29. The number of nitrogens with zero attached hydrogens (tertiary/aromatic N) is 4. The lowest BCUT2D eigenvalue weighted by Gasteiger charge is -2.06. The first-order valence-electron chi connectivity index (χ1n) is 6.62. The molecule has 0 N–H and O–H groups in total. The van der Waals surface area contributed by atoms with Gasteiger partial charge < -0.3 is 4.74 Å². The topological polar surface area (TPSA) is 52.8 Å². The molecule has 2 aromatic heterocycles. The van der Waals surface area contributed by atoms with Crippen LogP contribution in [0.3, 0.4) is 0 Å². The molecule has 3 aromatic rings. The molecule has 0 saturated carbocycles. The van der Waals surface area contributed by atoms with Crippen LogP contribution in [0.5, 0.6) is 5.88 Å². The maximum absolute atomic E-state index is 13.8. The van der Waals surface area contributed by atoms with Crippen LogP contribution in [0.4, 0.5) is 8.78 Å². The summed E-state index contributed by atoms with van der Waals surface area (Å²) in [5.41, 5.74) is 0.804. The number of hydrogen-bond donors (Lipinski definition) is 0. The summed E-state index contributed by atoms with van der Waals surface area (Å²) < 4.78 is 33.6. The Bertz CT molecular complexity index is 853. The Morgan fingerprint density at radius 3 is 2.70 bits per heavy atom. The van der Waals surface area contributed by atoms with Gasteiger partial charge in [-0.3, -0.25) is 0 Å². The molecule has 2 heterocycles. The largest absolute Gasteiger partial charge is 0.481 e. The molecule has 0 aliphatic carbocycles. The minimum Gasteiger partial charge on any atom is -0.481 e. The second-order valence-corrected chi connectivity index (χ2v) is 5.01. The van der Waals surface area contributed by atoms with Crippen LogP contribution < -0.4 is 4.74 Å². The molecule has 23 heavy (non-hydrogen) atoms. The van der Waals surface area contributed by atoms with E-state index in [-0.39, 0.29) is 23.3 Å². The Hall–Kier alpha value is -2.54. The van der Waals surface area contributed by atoms with Crippen LogP contribution in [0, 0.1) is 11.6 Å². The predicted octanol–water partition coefficient (Wildman–Crippen LogP) is 3.33. The van der Waals surface area contributed by atoms with E-state index in [4.69, 9.17) is 16.3 Å². The maximum Gasteiger partial charge on any atom is 0.212 e. The summed E-state index contributed by atoms with van der Waals surface area (Å²) in [7, 11) is 1.47. The van der Waals surface area contributed by atoms with Gasteiger partial charge in [0, 0.05) is 11.6 Å². The van der Waals surface area contributed by atoms with Crippen LogP contribution in [-0.4, -0.2) is 26.9 Å². The summed E-state index contributed by atoms with van der Waals surface area (Å²) in [5.74, 6) is -0.505. The van der Waals surface area contributed by atoms with E-state index in [9.17, 15) is 8.78 Å². The highest BCUT2D eigenvalue weighted by Crippen LogP contribution is 2.23. The Balaban J connectivity index is 1.97. The highest BCUT2D eigenvalue weighted by Gasteiger charge is 2.15. The van der Waals surface area contributed by atoms with E-state index in [1.54, 1.807) is 24.3 Å². The van der Waals surface area contributed by atoms with Crippen molar-refractivity contribution in [2.45, 2.75) is 6.54 Å². The molecule has 0 aliphatic rings. The molecule has 0 bridgehead atoms. The minimum atomic E-state index is -0.715. The maximum atomic E-state index is 13.8. The summed E-state index contributed by atoms with van der Waals surface area (Å²) in [6.45, 7) is 0.171. The van der Waals surface area contributed by atoms with Gasteiger partial charge in [0.15, 0.2) is 16.8 Å². The van der Waals surface area contributed by atoms with Gasteiger partial charge in [0.1, 0.15) is 11.5 Å². The molecular formula is C15H11ClF2N4O. The van der Waals surface area contributed by atoms with Gasteiger partial charge in [-0.1, -0.05) is 29.8 Å². The summed E-state index contributed by atoms with van der Waals surface area (Å²) in [4.78, 5) is 7.68. The van der Waals surface area contributed by atoms with E-state index in [0.29, 0.717) is 17.1 Å². The summed E-state index contributed by atoms with van der Waals surface area (Å²) in [6.07, 6.45) is 0.965. The lowest BCUT2D eigenvalue weighted by molar-refractivity contribution is 0.365. The SMILES string of the molecule is COc1cc(-c2ncc(F)c(Cl)n2)nn1Cc1ccccc1F. The zero-order chi connectivity index (χ0) is 16.4. The number of halogens is 3. The van der Waals surface area contributed by atoms with Crippen molar-refractivity contribution in [1.82, 2.24) is 19.7 Å². The van der Waals surface area contributed by atoms with Crippen molar-refractivity contribution in [2.24, 2.45) is 0 Å². The summed E-state index contributed by atoms with van der Waals surface area (Å²) in [5, 5.41) is 3.98. The molecule has 3 rings (SSSR count). The molecule has 0 atom stereocenters. The monoisotopic (exact) mass is 336 g/mol. The Morgan fingerprint density at radius 1 is 1.22 bits per heavy atom. The van der Waals surface area contributed by atoms with Gasteiger partial charge in [-0.2, -0.15) is 5.10 Å². The molecule has 0 amide bonds. The highest BCUT2D eigenvalue weighted by atomic mass is 35.5. The zero-order valence-electron chi connectivity index (χ0n) is 12.0. The molecule has 0 unspecified atom stereocenters. The van der Waals surface area contributed by atoms with Crippen LogP contribution in [0.1, 0.15) is 5.56 Å². The summed E-state index contributed by atoms with van der Waals surface area (Å²) in [6, 6.07) is 7.94. The average Bonchev–Trinajstić information content (AvgIpc) is 2.95. The average molecular weight is 337 g/mol. The molecule has 0 saturated heterocycles.